The zero-order chi connectivity index (χ0) is 17.8. The second-order valence-corrected chi connectivity index (χ2v) is 6.31. The molecule has 4 heteroatoms. The van der Waals surface area contributed by atoms with Crippen LogP contribution in [-0.4, -0.2) is 22.8 Å². The van der Waals surface area contributed by atoms with Gasteiger partial charge in [-0.3, -0.25) is 4.79 Å². The molecular formula is C22H15NO3. The quantitative estimate of drug-likeness (QED) is 0.445. The fourth-order valence-corrected chi connectivity index (χ4v) is 3.92. The number of esters is 1. The van der Waals surface area contributed by atoms with Crippen molar-refractivity contribution in [2.75, 3.05) is 6.61 Å². The Bertz CT molecular complexity index is 1230. The summed E-state index contributed by atoms with van der Waals surface area (Å²) in [5, 5.41) is 1.000. The van der Waals surface area contributed by atoms with Gasteiger partial charge in [0.25, 0.3) is 0 Å². The van der Waals surface area contributed by atoms with Gasteiger partial charge in [-0.2, -0.15) is 0 Å². The van der Waals surface area contributed by atoms with Crippen LogP contribution < -0.4 is 0 Å². The van der Waals surface area contributed by atoms with Gasteiger partial charge in [0.05, 0.1) is 23.2 Å². The van der Waals surface area contributed by atoms with E-state index in [1.165, 1.54) is 0 Å². The number of hydrogen-bond acceptors (Lipinski definition) is 3. The van der Waals surface area contributed by atoms with E-state index in [9.17, 15) is 9.59 Å². The number of rotatable bonds is 2. The molecule has 26 heavy (non-hydrogen) atoms. The average molecular weight is 341 g/mol. The van der Waals surface area contributed by atoms with E-state index < -0.39 is 5.97 Å². The van der Waals surface area contributed by atoms with Gasteiger partial charge in [-0.25, -0.2) is 4.79 Å². The van der Waals surface area contributed by atoms with Crippen LogP contribution in [0, 0.1) is 0 Å². The summed E-state index contributed by atoms with van der Waals surface area (Å²) in [5.41, 5.74) is 4.74. The zero-order valence-corrected chi connectivity index (χ0v) is 14.2. The van der Waals surface area contributed by atoms with Gasteiger partial charge >= 0.3 is 5.97 Å². The number of nitrogens with zero attached hydrogens (tertiary/aromatic N) is 1. The smallest absolute Gasteiger partial charge is 0.355 e. The molecule has 4 aromatic rings. The lowest BCUT2D eigenvalue weighted by atomic mass is 10.1. The second-order valence-electron chi connectivity index (χ2n) is 6.31. The summed E-state index contributed by atoms with van der Waals surface area (Å²) in [6.07, 6.45) is 0. The van der Waals surface area contributed by atoms with Crippen LogP contribution >= 0.6 is 0 Å². The monoisotopic (exact) mass is 341 g/mol. The van der Waals surface area contributed by atoms with Gasteiger partial charge in [0.1, 0.15) is 5.69 Å². The van der Waals surface area contributed by atoms with Crippen molar-refractivity contribution in [1.82, 2.24) is 4.40 Å². The van der Waals surface area contributed by atoms with E-state index in [0.29, 0.717) is 22.4 Å². The normalized spacial score (nSPS) is 12.4. The molecule has 0 saturated heterocycles. The van der Waals surface area contributed by atoms with Crippen molar-refractivity contribution < 1.29 is 14.3 Å². The maximum Gasteiger partial charge on any atom is 0.355 e. The molecule has 126 valence electrons. The van der Waals surface area contributed by atoms with Crippen LogP contribution in [0.15, 0.2) is 60.7 Å². The van der Waals surface area contributed by atoms with Crippen LogP contribution in [-0.2, 0) is 4.74 Å². The van der Waals surface area contributed by atoms with Gasteiger partial charge in [-0.05, 0) is 30.0 Å². The van der Waals surface area contributed by atoms with Crippen molar-refractivity contribution in [1.29, 1.82) is 0 Å². The number of hydrogen-bond donors (Lipinski definition) is 0. The summed E-state index contributed by atoms with van der Waals surface area (Å²) >= 11 is 0. The zero-order valence-electron chi connectivity index (χ0n) is 14.2. The van der Waals surface area contributed by atoms with Gasteiger partial charge in [-0.15, -0.1) is 0 Å². The summed E-state index contributed by atoms with van der Waals surface area (Å²) in [6.45, 7) is 2.06. The number of ether oxygens (including phenoxy) is 1. The maximum atomic E-state index is 13.1. The van der Waals surface area contributed by atoms with Crippen LogP contribution in [0.4, 0.5) is 0 Å². The molecule has 1 aliphatic carbocycles. The van der Waals surface area contributed by atoms with Gasteiger partial charge < -0.3 is 9.14 Å². The van der Waals surface area contributed by atoms with Crippen molar-refractivity contribution in [2.45, 2.75) is 6.92 Å². The second kappa shape index (κ2) is 5.30. The minimum Gasteiger partial charge on any atom is -0.461 e. The highest BCUT2D eigenvalue weighted by molar-refractivity contribution is 6.28. The van der Waals surface area contributed by atoms with E-state index in [1.807, 2.05) is 65.1 Å². The highest BCUT2D eigenvalue weighted by Crippen LogP contribution is 2.43. The van der Waals surface area contributed by atoms with Crippen LogP contribution in [0.25, 0.3) is 27.5 Å². The number of benzene rings is 2. The molecule has 0 aliphatic heterocycles. The summed E-state index contributed by atoms with van der Waals surface area (Å²) in [7, 11) is 0. The van der Waals surface area contributed by atoms with Crippen LogP contribution in [0.2, 0.25) is 0 Å². The van der Waals surface area contributed by atoms with Crippen LogP contribution in [0.1, 0.15) is 33.3 Å². The van der Waals surface area contributed by atoms with E-state index in [4.69, 9.17) is 4.74 Å². The molecule has 4 nitrogen and oxygen atoms in total. The molecule has 0 fully saturated rings. The lowest BCUT2D eigenvalue weighted by molar-refractivity contribution is 0.0520. The lowest BCUT2D eigenvalue weighted by Gasteiger charge is -2.10. The number of aromatic nitrogens is 1. The summed E-state index contributed by atoms with van der Waals surface area (Å²) in [4.78, 5) is 26.0. The molecule has 5 rings (SSSR count). The minimum atomic E-state index is -0.412. The van der Waals surface area contributed by atoms with Gasteiger partial charge in [0.2, 0.25) is 0 Å². The molecule has 0 amide bonds. The Morgan fingerprint density at radius 3 is 2.42 bits per heavy atom. The lowest BCUT2D eigenvalue weighted by Crippen LogP contribution is -2.10. The Labute approximate surface area is 149 Å². The highest BCUT2D eigenvalue weighted by atomic mass is 16.5. The first-order chi connectivity index (χ1) is 12.7. The van der Waals surface area contributed by atoms with Crippen LogP contribution in [0.3, 0.4) is 0 Å². The number of pyridine rings is 1. The Balaban J connectivity index is 2.01. The molecule has 1 aliphatic rings. The molecular weight excluding hydrogens is 326 g/mol. The third-order valence-electron chi connectivity index (χ3n) is 4.94. The molecule has 0 atom stereocenters. The van der Waals surface area contributed by atoms with E-state index in [1.54, 1.807) is 6.92 Å². The Morgan fingerprint density at radius 1 is 0.885 bits per heavy atom. The molecule has 2 aromatic heterocycles. The molecule has 2 aromatic carbocycles. The first-order valence-electron chi connectivity index (χ1n) is 8.59. The van der Waals surface area contributed by atoms with Crippen molar-refractivity contribution in [3.05, 3.63) is 77.5 Å². The molecule has 0 spiro atoms. The van der Waals surface area contributed by atoms with Crippen molar-refractivity contribution in [3.63, 3.8) is 0 Å². The standard InChI is InChI=1S/C22H15NO3/c1-2-26-22(25)20-18-14-8-4-5-9-15(14)21(24)19(18)17-12-11-13-7-3-6-10-16(13)23(17)20/h3-12H,2H2,1H3. The first-order valence-corrected chi connectivity index (χ1v) is 8.59. The molecule has 2 heterocycles. The number of ketones is 1. The predicted molar refractivity (Wildman–Crippen MR) is 99.7 cm³/mol. The van der Waals surface area contributed by atoms with E-state index >= 15 is 0 Å². The molecule has 0 N–H and O–H groups in total. The topological polar surface area (TPSA) is 47.8 Å². The largest absolute Gasteiger partial charge is 0.461 e. The van der Waals surface area contributed by atoms with Crippen molar-refractivity contribution in [2.24, 2.45) is 0 Å². The minimum absolute atomic E-state index is 0.0427. The van der Waals surface area contributed by atoms with E-state index in [0.717, 1.165) is 22.0 Å². The summed E-state index contributed by atoms with van der Waals surface area (Å²) < 4.78 is 7.21. The highest BCUT2D eigenvalue weighted by Gasteiger charge is 2.36. The first kappa shape index (κ1) is 14.9. The fourth-order valence-electron chi connectivity index (χ4n) is 3.92. The van der Waals surface area contributed by atoms with Crippen molar-refractivity contribution in [3.8, 4) is 11.1 Å². The molecule has 0 unspecified atom stereocenters. The number of carbonyl (C=O) groups is 2. The molecule has 0 bridgehead atoms. The number of carbonyl (C=O) groups excluding carboxylic acids is 2. The SMILES string of the molecule is CCOC(=O)c1c2c(c3ccc4ccccc4n13)C(=O)c1ccccc1-2. The average Bonchev–Trinajstić information content (AvgIpc) is 3.16. The van der Waals surface area contributed by atoms with Gasteiger partial charge in [-0.1, -0.05) is 48.5 Å². The Morgan fingerprint density at radius 2 is 1.62 bits per heavy atom. The predicted octanol–water partition coefficient (Wildman–Crippen LogP) is 4.48. The number of para-hydroxylation sites is 1. The van der Waals surface area contributed by atoms with Crippen molar-refractivity contribution >= 4 is 28.2 Å². The molecule has 0 radical (unpaired) electrons. The van der Waals surface area contributed by atoms with Gasteiger partial charge in [0, 0.05) is 11.1 Å². The maximum absolute atomic E-state index is 13.1. The fraction of sp³-hybridized carbons (Fsp3) is 0.0909. The third-order valence-corrected chi connectivity index (χ3v) is 4.94. The van der Waals surface area contributed by atoms with Crippen LogP contribution in [0.5, 0.6) is 0 Å². The Hall–Kier alpha value is -3.40. The number of fused-ring (bicyclic) bond motifs is 7. The van der Waals surface area contributed by atoms with E-state index in [2.05, 4.69) is 0 Å². The third kappa shape index (κ3) is 1.78. The van der Waals surface area contributed by atoms with E-state index in [-0.39, 0.29) is 12.4 Å². The Kier molecular flexibility index (Phi) is 3.04. The summed E-state index contributed by atoms with van der Waals surface area (Å²) in [5.74, 6) is -0.455. The summed E-state index contributed by atoms with van der Waals surface area (Å²) in [6, 6.07) is 19.2. The molecule has 0 saturated carbocycles. The van der Waals surface area contributed by atoms with Gasteiger partial charge in [0.15, 0.2) is 5.78 Å².